The predicted octanol–water partition coefficient (Wildman–Crippen LogP) is 1.20. The SMILES string of the molecule is CCC1C2CNCC2CN1C(=O)CCSC. The summed E-state index contributed by atoms with van der Waals surface area (Å²) in [6.45, 7) is 5.41. The molecule has 92 valence electrons. The molecule has 1 N–H and O–H groups in total. The normalized spacial score (nSPS) is 33.1. The lowest BCUT2D eigenvalue weighted by molar-refractivity contribution is -0.132. The van der Waals surface area contributed by atoms with E-state index >= 15 is 0 Å². The molecule has 2 rings (SSSR count). The van der Waals surface area contributed by atoms with E-state index in [0.717, 1.165) is 31.8 Å². The molecule has 4 heteroatoms. The van der Waals surface area contributed by atoms with Gasteiger partial charge < -0.3 is 10.2 Å². The van der Waals surface area contributed by atoms with E-state index in [-0.39, 0.29) is 0 Å². The number of nitrogens with zero attached hydrogens (tertiary/aromatic N) is 1. The number of amides is 1. The van der Waals surface area contributed by atoms with Crippen LogP contribution in [0.2, 0.25) is 0 Å². The van der Waals surface area contributed by atoms with Gasteiger partial charge in [-0.25, -0.2) is 0 Å². The number of hydrogen-bond donors (Lipinski definition) is 1. The van der Waals surface area contributed by atoms with Crippen molar-refractivity contribution in [3.05, 3.63) is 0 Å². The van der Waals surface area contributed by atoms with Crippen molar-refractivity contribution < 1.29 is 4.79 Å². The molecule has 0 aromatic rings. The van der Waals surface area contributed by atoms with Crippen LogP contribution in [0.1, 0.15) is 19.8 Å². The molecule has 1 amide bonds. The highest BCUT2D eigenvalue weighted by molar-refractivity contribution is 7.98. The van der Waals surface area contributed by atoms with Crippen LogP contribution in [-0.4, -0.2) is 48.5 Å². The van der Waals surface area contributed by atoms with Gasteiger partial charge in [-0.15, -0.1) is 0 Å². The molecular formula is C12H22N2OS. The van der Waals surface area contributed by atoms with Gasteiger partial charge in [0.2, 0.25) is 5.91 Å². The van der Waals surface area contributed by atoms with E-state index in [1.807, 2.05) is 0 Å². The topological polar surface area (TPSA) is 32.3 Å². The summed E-state index contributed by atoms with van der Waals surface area (Å²) in [6, 6.07) is 0.495. The third kappa shape index (κ3) is 2.23. The first-order valence-electron chi connectivity index (χ1n) is 6.27. The van der Waals surface area contributed by atoms with Gasteiger partial charge >= 0.3 is 0 Å². The number of rotatable bonds is 4. The Morgan fingerprint density at radius 2 is 2.31 bits per heavy atom. The van der Waals surface area contributed by atoms with E-state index in [1.165, 1.54) is 0 Å². The summed E-state index contributed by atoms with van der Waals surface area (Å²) >= 11 is 1.76. The Labute approximate surface area is 102 Å². The monoisotopic (exact) mass is 242 g/mol. The molecule has 2 saturated heterocycles. The van der Waals surface area contributed by atoms with Crippen LogP contribution in [0.25, 0.3) is 0 Å². The van der Waals surface area contributed by atoms with Crippen LogP contribution < -0.4 is 5.32 Å². The molecule has 3 atom stereocenters. The molecule has 0 bridgehead atoms. The summed E-state index contributed by atoms with van der Waals surface area (Å²) in [5.74, 6) is 2.75. The zero-order valence-electron chi connectivity index (χ0n) is 10.2. The molecule has 2 fully saturated rings. The fourth-order valence-electron chi connectivity index (χ4n) is 3.17. The second-order valence-electron chi connectivity index (χ2n) is 4.85. The largest absolute Gasteiger partial charge is 0.339 e. The van der Waals surface area contributed by atoms with Gasteiger partial charge in [0.15, 0.2) is 0 Å². The quantitative estimate of drug-likeness (QED) is 0.804. The molecule has 0 aliphatic carbocycles. The van der Waals surface area contributed by atoms with Crippen LogP contribution in [0.15, 0.2) is 0 Å². The number of hydrogen-bond acceptors (Lipinski definition) is 3. The molecule has 2 aliphatic rings. The molecule has 2 heterocycles. The minimum absolute atomic E-state index is 0.371. The minimum Gasteiger partial charge on any atom is -0.339 e. The summed E-state index contributed by atoms with van der Waals surface area (Å²) in [5.41, 5.74) is 0. The van der Waals surface area contributed by atoms with E-state index in [0.29, 0.717) is 30.2 Å². The highest BCUT2D eigenvalue weighted by atomic mass is 32.2. The van der Waals surface area contributed by atoms with Crippen LogP contribution in [0, 0.1) is 11.8 Å². The Morgan fingerprint density at radius 3 is 3.00 bits per heavy atom. The number of fused-ring (bicyclic) bond motifs is 1. The molecule has 3 nitrogen and oxygen atoms in total. The third-order valence-corrected chi connectivity index (χ3v) is 4.59. The fraction of sp³-hybridized carbons (Fsp3) is 0.917. The Morgan fingerprint density at radius 1 is 1.50 bits per heavy atom. The molecule has 3 unspecified atom stereocenters. The van der Waals surface area contributed by atoms with Gasteiger partial charge in [0, 0.05) is 37.8 Å². The minimum atomic E-state index is 0.371. The molecule has 0 saturated carbocycles. The predicted molar refractivity (Wildman–Crippen MR) is 68.6 cm³/mol. The molecule has 0 aromatic carbocycles. The zero-order valence-corrected chi connectivity index (χ0v) is 11.1. The molecule has 0 spiro atoms. The highest BCUT2D eigenvalue weighted by Gasteiger charge is 2.44. The maximum absolute atomic E-state index is 12.1. The standard InChI is InChI=1S/C12H22N2OS/c1-3-11-10-7-13-6-9(10)8-14(11)12(15)4-5-16-2/h9-11,13H,3-8H2,1-2H3. The first kappa shape index (κ1) is 12.2. The second kappa shape index (κ2) is 5.41. The highest BCUT2D eigenvalue weighted by Crippen LogP contribution is 2.34. The van der Waals surface area contributed by atoms with Crippen LogP contribution in [0.3, 0.4) is 0 Å². The van der Waals surface area contributed by atoms with Crippen LogP contribution >= 0.6 is 11.8 Å². The summed E-state index contributed by atoms with van der Waals surface area (Å²) in [6.07, 6.45) is 3.88. The number of likely N-dealkylation sites (tertiary alicyclic amines) is 1. The van der Waals surface area contributed by atoms with Crippen molar-refractivity contribution in [1.29, 1.82) is 0 Å². The number of nitrogens with one attached hydrogen (secondary N) is 1. The molecule has 2 aliphatic heterocycles. The van der Waals surface area contributed by atoms with E-state index in [1.54, 1.807) is 11.8 Å². The number of carbonyl (C=O) groups is 1. The van der Waals surface area contributed by atoms with Crippen molar-refractivity contribution in [2.75, 3.05) is 31.6 Å². The molecular weight excluding hydrogens is 220 g/mol. The van der Waals surface area contributed by atoms with Crippen molar-refractivity contribution in [2.24, 2.45) is 11.8 Å². The zero-order chi connectivity index (χ0) is 11.5. The van der Waals surface area contributed by atoms with E-state index < -0.39 is 0 Å². The smallest absolute Gasteiger partial charge is 0.223 e. The van der Waals surface area contributed by atoms with E-state index in [9.17, 15) is 4.79 Å². The van der Waals surface area contributed by atoms with Gasteiger partial charge in [0.05, 0.1) is 0 Å². The van der Waals surface area contributed by atoms with Gasteiger partial charge in [-0.05, 0) is 24.5 Å². The van der Waals surface area contributed by atoms with Crippen molar-refractivity contribution in [3.8, 4) is 0 Å². The fourth-order valence-corrected chi connectivity index (χ4v) is 3.54. The van der Waals surface area contributed by atoms with Crippen molar-refractivity contribution in [2.45, 2.75) is 25.8 Å². The molecule has 0 aromatic heterocycles. The number of thioether (sulfide) groups is 1. The van der Waals surface area contributed by atoms with Crippen molar-refractivity contribution >= 4 is 17.7 Å². The Kier molecular flexibility index (Phi) is 4.14. The average molecular weight is 242 g/mol. The summed E-state index contributed by atoms with van der Waals surface area (Å²) in [4.78, 5) is 14.3. The van der Waals surface area contributed by atoms with E-state index in [2.05, 4.69) is 23.4 Å². The lowest BCUT2D eigenvalue weighted by Crippen LogP contribution is -2.39. The van der Waals surface area contributed by atoms with Gasteiger partial charge in [0.25, 0.3) is 0 Å². The summed E-state index contributed by atoms with van der Waals surface area (Å²) < 4.78 is 0. The van der Waals surface area contributed by atoms with Crippen molar-refractivity contribution in [3.63, 3.8) is 0 Å². The first-order chi connectivity index (χ1) is 7.77. The average Bonchev–Trinajstić information content (AvgIpc) is 2.84. The Hall–Kier alpha value is -0.220. The van der Waals surface area contributed by atoms with Gasteiger partial charge in [-0.1, -0.05) is 6.92 Å². The lowest BCUT2D eigenvalue weighted by Gasteiger charge is -2.27. The molecule has 16 heavy (non-hydrogen) atoms. The third-order valence-electron chi connectivity index (χ3n) is 3.98. The summed E-state index contributed by atoms with van der Waals surface area (Å²) in [7, 11) is 0. The van der Waals surface area contributed by atoms with E-state index in [4.69, 9.17) is 0 Å². The van der Waals surface area contributed by atoms with Crippen molar-refractivity contribution in [1.82, 2.24) is 10.2 Å². The second-order valence-corrected chi connectivity index (χ2v) is 5.83. The van der Waals surface area contributed by atoms with Gasteiger partial charge in [-0.3, -0.25) is 4.79 Å². The maximum atomic E-state index is 12.1. The number of carbonyl (C=O) groups excluding carboxylic acids is 1. The van der Waals surface area contributed by atoms with Gasteiger partial charge in [0.1, 0.15) is 0 Å². The molecule has 0 radical (unpaired) electrons. The maximum Gasteiger partial charge on any atom is 0.223 e. The first-order valence-corrected chi connectivity index (χ1v) is 7.66. The van der Waals surface area contributed by atoms with Crippen LogP contribution in [-0.2, 0) is 4.79 Å². The Balaban J connectivity index is 1.97. The summed E-state index contributed by atoms with van der Waals surface area (Å²) in [5, 5.41) is 3.45. The Bertz CT molecular complexity index is 259. The van der Waals surface area contributed by atoms with Crippen LogP contribution in [0.4, 0.5) is 0 Å². The lowest BCUT2D eigenvalue weighted by atomic mass is 9.93. The van der Waals surface area contributed by atoms with Crippen LogP contribution in [0.5, 0.6) is 0 Å². The van der Waals surface area contributed by atoms with Gasteiger partial charge in [-0.2, -0.15) is 11.8 Å².